The maximum Gasteiger partial charge on any atom is 0.416 e. The van der Waals surface area contributed by atoms with Gasteiger partial charge in [0.15, 0.2) is 0 Å². The molecule has 0 saturated carbocycles. The number of fused-ring (bicyclic) bond motifs is 1. The zero-order valence-corrected chi connectivity index (χ0v) is 23.2. The molecule has 2 aliphatic heterocycles. The van der Waals surface area contributed by atoms with Crippen molar-refractivity contribution < 1.29 is 31.5 Å². The molecular weight excluding hydrogens is 549 g/mol. The van der Waals surface area contributed by atoms with E-state index in [-0.39, 0.29) is 23.3 Å². The van der Waals surface area contributed by atoms with Crippen molar-refractivity contribution in [3.05, 3.63) is 74.1 Å². The summed E-state index contributed by atoms with van der Waals surface area (Å²) < 4.78 is 73.6. The van der Waals surface area contributed by atoms with Crippen LogP contribution in [0.4, 0.5) is 26.7 Å². The van der Waals surface area contributed by atoms with Gasteiger partial charge in [-0.3, -0.25) is 9.79 Å². The zero-order chi connectivity index (χ0) is 29.1. The highest BCUT2D eigenvalue weighted by atomic mass is 32.2. The summed E-state index contributed by atoms with van der Waals surface area (Å²) >= 11 is 1.07. The second-order valence-corrected chi connectivity index (χ2v) is 10.7. The topological polar surface area (TPSA) is 54.3 Å². The van der Waals surface area contributed by atoms with Crippen LogP contribution in [0.2, 0.25) is 0 Å². The third-order valence-electron chi connectivity index (χ3n) is 6.85. The van der Waals surface area contributed by atoms with Gasteiger partial charge >= 0.3 is 11.4 Å². The fourth-order valence-corrected chi connectivity index (χ4v) is 5.45. The predicted molar refractivity (Wildman–Crippen MR) is 147 cm³/mol. The molecule has 0 aromatic heterocycles. The molecule has 0 aliphatic carbocycles. The molecule has 1 unspecified atom stereocenters. The first-order valence-electron chi connectivity index (χ1n) is 12.9. The number of likely N-dealkylation sites (N-methyl/N-ethyl adjacent to an activating group) is 1. The second-order valence-electron chi connectivity index (χ2n) is 9.73. The summed E-state index contributed by atoms with van der Waals surface area (Å²) in [7, 11) is 3.46. The Labute approximate surface area is 233 Å². The zero-order valence-electron chi connectivity index (χ0n) is 22.4. The minimum atomic E-state index is -4.68. The van der Waals surface area contributed by atoms with Crippen LogP contribution >= 0.6 is 11.8 Å². The Morgan fingerprint density at radius 3 is 2.60 bits per heavy atom. The SMILES string of the molecule is CCC(F)(F)c1cc(C(F)(F)F)ccc1CCCC1C=c2cc(/C=C3\SC(=O)N=C3N(C)CCOC)ccc2=N1. The first kappa shape index (κ1) is 29.9. The molecule has 0 bridgehead atoms. The molecule has 40 heavy (non-hydrogen) atoms. The molecule has 2 aliphatic rings. The number of thioether (sulfide) groups is 1. The summed E-state index contributed by atoms with van der Waals surface area (Å²) in [6.45, 7) is 2.34. The van der Waals surface area contributed by atoms with E-state index in [9.17, 15) is 26.7 Å². The summed E-state index contributed by atoms with van der Waals surface area (Å²) in [6.07, 6.45) is -0.0904. The van der Waals surface area contributed by atoms with Crippen LogP contribution in [0.25, 0.3) is 12.2 Å². The molecule has 1 atom stereocenters. The number of hydrogen-bond donors (Lipinski definition) is 0. The minimum absolute atomic E-state index is 0.165. The van der Waals surface area contributed by atoms with Gasteiger partial charge in [0.2, 0.25) is 0 Å². The van der Waals surface area contributed by atoms with Crippen LogP contribution in [0.15, 0.2) is 51.3 Å². The molecule has 2 aromatic carbocycles. The van der Waals surface area contributed by atoms with Crippen molar-refractivity contribution in [2.24, 2.45) is 9.98 Å². The molecule has 1 amide bonds. The van der Waals surface area contributed by atoms with Gasteiger partial charge in [-0.1, -0.05) is 25.1 Å². The number of carbonyl (C=O) groups excluding carboxylic acids is 1. The van der Waals surface area contributed by atoms with Crippen LogP contribution in [0.1, 0.15) is 48.4 Å². The Hall–Kier alpha value is -3.05. The van der Waals surface area contributed by atoms with E-state index >= 15 is 0 Å². The Morgan fingerprint density at radius 2 is 1.90 bits per heavy atom. The molecule has 0 radical (unpaired) electrons. The van der Waals surface area contributed by atoms with Crippen molar-refractivity contribution in [2.75, 3.05) is 27.3 Å². The minimum Gasteiger partial charge on any atom is -0.383 e. The van der Waals surface area contributed by atoms with Gasteiger partial charge in [0.25, 0.3) is 5.92 Å². The van der Waals surface area contributed by atoms with Gasteiger partial charge in [-0.05, 0) is 77.7 Å². The monoisotopic (exact) mass is 579 g/mol. The predicted octanol–water partition coefficient (Wildman–Crippen LogP) is 6.20. The van der Waals surface area contributed by atoms with Crippen molar-refractivity contribution in [3.8, 4) is 0 Å². The number of aliphatic imine (C=N–C) groups is 1. The van der Waals surface area contributed by atoms with E-state index in [4.69, 9.17) is 9.73 Å². The number of nitrogens with zero attached hydrogens (tertiary/aromatic N) is 3. The summed E-state index contributed by atoms with van der Waals surface area (Å²) in [5, 5.41) is 1.45. The Bertz CT molecular complexity index is 1450. The fraction of sp³-hybridized carbons (Fsp3) is 0.414. The van der Waals surface area contributed by atoms with Crippen molar-refractivity contribution in [1.82, 2.24) is 4.90 Å². The normalized spacial score (nSPS) is 18.0. The third kappa shape index (κ3) is 6.98. The van der Waals surface area contributed by atoms with E-state index < -0.39 is 29.6 Å². The molecule has 2 aromatic rings. The van der Waals surface area contributed by atoms with Gasteiger partial charge in [-0.25, -0.2) is 8.78 Å². The molecule has 0 saturated heterocycles. The molecular formula is C29H30F5N3O2S. The molecule has 0 spiro atoms. The van der Waals surface area contributed by atoms with Gasteiger partial charge in [0, 0.05) is 32.7 Å². The lowest BCUT2D eigenvalue weighted by Crippen LogP contribution is -2.29. The molecule has 2 heterocycles. The number of ether oxygens (including phenoxy) is 1. The number of amides is 1. The summed E-state index contributed by atoms with van der Waals surface area (Å²) in [5.41, 5.74) is -0.523. The summed E-state index contributed by atoms with van der Waals surface area (Å²) in [4.78, 5) is 23.4. The van der Waals surface area contributed by atoms with Crippen LogP contribution in [-0.4, -0.2) is 49.3 Å². The summed E-state index contributed by atoms with van der Waals surface area (Å²) in [5.74, 6) is -2.75. The molecule has 5 nitrogen and oxygen atoms in total. The van der Waals surface area contributed by atoms with E-state index in [0.29, 0.717) is 37.9 Å². The Morgan fingerprint density at radius 1 is 1.12 bits per heavy atom. The van der Waals surface area contributed by atoms with E-state index in [2.05, 4.69) is 4.99 Å². The third-order valence-corrected chi connectivity index (χ3v) is 7.64. The lowest BCUT2D eigenvalue weighted by molar-refractivity contribution is -0.137. The van der Waals surface area contributed by atoms with Crippen molar-refractivity contribution in [2.45, 2.75) is 50.7 Å². The van der Waals surface area contributed by atoms with Crippen molar-refractivity contribution in [1.29, 1.82) is 0 Å². The number of amidine groups is 1. The number of aryl methyl sites for hydroxylation is 1. The highest BCUT2D eigenvalue weighted by Crippen LogP contribution is 2.39. The number of methoxy groups -OCH3 is 1. The fourth-order valence-electron chi connectivity index (χ4n) is 4.65. The van der Waals surface area contributed by atoms with E-state index in [1.54, 1.807) is 7.11 Å². The number of halogens is 5. The smallest absolute Gasteiger partial charge is 0.383 e. The average Bonchev–Trinajstić information content (AvgIpc) is 3.48. The van der Waals surface area contributed by atoms with E-state index in [0.717, 1.165) is 38.9 Å². The lowest BCUT2D eigenvalue weighted by Gasteiger charge is -2.20. The van der Waals surface area contributed by atoms with Crippen LogP contribution in [0.3, 0.4) is 0 Å². The van der Waals surface area contributed by atoms with Gasteiger partial charge in [-0.15, -0.1) is 0 Å². The second kappa shape index (κ2) is 12.2. The van der Waals surface area contributed by atoms with Crippen molar-refractivity contribution in [3.63, 3.8) is 0 Å². The van der Waals surface area contributed by atoms with Gasteiger partial charge in [0.05, 0.1) is 28.5 Å². The Balaban J connectivity index is 1.46. The standard InChI is InChI=1S/C29H30F5N3O2S/c1-4-28(30,31)23-17-21(29(32,33)34)10-9-19(23)6-5-7-22-16-20-14-18(8-11-24(20)35-22)15-25-26(36-27(38)40-25)37(2)12-13-39-3/h8-11,14-17,22H,4-7,12-13H2,1-3H3/b25-15-. The molecule has 0 fully saturated rings. The average molecular weight is 580 g/mol. The maximum atomic E-state index is 14.5. The van der Waals surface area contributed by atoms with E-state index in [1.165, 1.54) is 13.0 Å². The van der Waals surface area contributed by atoms with E-state index in [1.807, 2.05) is 42.3 Å². The van der Waals surface area contributed by atoms with Crippen LogP contribution in [0.5, 0.6) is 0 Å². The number of alkyl halides is 5. The summed E-state index contributed by atoms with van der Waals surface area (Å²) in [6, 6.07) is 8.22. The maximum absolute atomic E-state index is 14.5. The first-order chi connectivity index (χ1) is 18.9. The number of carbonyl (C=O) groups is 1. The highest BCUT2D eigenvalue weighted by Gasteiger charge is 2.36. The quantitative estimate of drug-likeness (QED) is 0.315. The molecule has 214 valence electrons. The number of rotatable bonds is 10. The largest absolute Gasteiger partial charge is 0.416 e. The van der Waals surface area contributed by atoms with Crippen LogP contribution in [0, 0.1) is 0 Å². The van der Waals surface area contributed by atoms with Crippen LogP contribution < -0.4 is 10.6 Å². The van der Waals surface area contributed by atoms with Crippen LogP contribution in [-0.2, 0) is 23.3 Å². The van der Waals surface area contributed by atoms with Crippen molar-refractivity contribution >= 4 is 35.0 Å². The van der Waals surface area contributed by atoms with Gasteiger partial charge in [-0.2, -0.15) is 18.2 Å². The highest BCUT2D eigenvalue weighted by molar-refractivity contribution is 8.18. The first-order valence-corrected chi connectivity index (χ1v) is 13.7. The Kier molecular flexibility index (Phi) is 9.14. The lowest BCUT2D eigenvalue weighted by atomic mass is 9.93. The number of hydrogen-bond acceptors (Lipinski definition) is 5. The molecule has 0 N–H and O–H groups in total. The van der Waals surface area contributed by atoms with Gasteiger partial charge in [0.1, 0.15) is 5.84 Å². The molecule has 11 heteroatoms. The van der Waals surface area contributed by atoms with Gasteiger partial charge < -0.3 is 9.64 Å². The number of benzene rings is 2. The molecule has 4 rings (SSSR count).